The summed E-state index contributed by atoms with van der Waals surface area (Å²) in [5.41, 5.74) is 2.06. The minimum absolute atomic E-state index is 0.0763. The van der Waals surface area contributed by atoms with Crippen LogP contribution in [-0.4, -0.2) is 11.5 Å². The molecule has 0 spiro atoms. The van der Waals surface area contributed by atoms with E-state index in [-0.39, 0.29) is 23.5 Å². The molecule has 2 aliphatic rings. The molecule has 1 aliphatic heterocycles. The molecule has 0 aromatic heterocycles. The second-order valence-corrected chi connectivity index (χ2v) is 6.44. The van der Waals surface area contributed by atoms with Crippen molar-refractivity contribution in [1.29, 1.82) is 0 Å². The van der Waals surface area contributed by atoms with Gasteiger partial charge in [0.15, 0.2) is 0 Å². The van der Waals surface area contributed by atoms with Crippen molar-refractivity contribution in [2.75, 3.05) is 0 Å². The second-order valence-electron chi connectivity index (χ2n) is 6.44. The van der Waals surface area contributed by atoms with Gasteiger partial charge in [-0.2, -0.15) is 0 Å². The van der Waals surface area contributed by atoms with Crippen molar-refractivity contribution in [3.63, 3.8) is 0 Å². The van der Waals surface area contributed by atoms with E-state index in [4.69, 9.17) is 4.74 Å². The number of hydrogen-bond donors (Lipinski definition) is 1. The third-order valence-corrected chi connectivity index (χ3v) is 3.89. The lowest BCUT2D eigenvalue weighted by molar-refractivity contribution is -0.123. The fraction of sp³-hybridized carbons (Fsp3) is 0.562. The van der Waals surface area contributed by atoms with Gasteiger partial charge < -0.3 is 10.1 Å². The van der Waals surface area contributed by atoms with Crippen LogP contribution in [0.2, 0.25) is 0 Å². The quantitative estimate of drug-likeness (QED) is 0.886. The lowest BCUT2D eigenvalue weighted by Gasteiger charge is -2.38. The Hall–Kier alpha value is -1.51. The molecule has 1 aliphatic carbocycles. The van der Waals surface area contributed by atoms with E-state index in [0.29, 0.717) is 0 Å². The number of fused-ring (bicyclic) bond motifs is 1. The number of ether oxygens (including phenoxy) is 1. The summed E-state index contributed by atoms with van der Waals surface area (Å²) >= 11 is 0. The first-order chi connectivity index (χ1) is 8.94. The Labute approximate surface area is 114 Å². The molecule has 0 radical (unpaired) electrons. The number of carbonyl (C=O) groups is 1. The summed E-state index contributed by atoms with van der Waals surface area (Å²) in [6.07, 6.45) is 2.90. The summed E-state index contributed by atoms with van der Waals surface area (Å²) in [5, 5.41) is 3.19. The minimum atomic E-state index is -0.234. The van der Waals surface area contributed by atoms with Crippen molar-refractivity contribution in [3.8, 4) is 5.75 Å². The smallest absolute Gasteiger partial charge is 0.223 e. The maximum absolute atomic E-state index is 12.0. The normalized spacial score (nSPS) is 24.3. The first-order valence-electron chi connectivity index (χ1n) is 7.04. The molecule has 0 bridgehead atoms. The maximum Gasteiger partial charge on any atom is 0.223 e. The zero-order chi connectivity index (χ0) is 13.6. The Morgan fingerprint density at radius 3 is 2.79 bits per heavy atom. The minimum Gasteiger partial charge on any atom is -0.487 e. The molecule has 1 fully saturated rings. The number of aryl methyl sites for hydroxylation is 1. The zero-order valence-corrected chi connectivity index (χ0v) is 11.8. The van der Waals surface area contributed by atoms with E-state index >= 15 is 0 Å². The van der Waals surface area contributed by atoms with Crippen LogP contribution in [0.15, 0.2) is 18.2 Å². The molecule has 19 heavy (non-hydrogen) atoms. The molecule has 1 heterocycles. The number of carbonyl (C=O) groups excluding carboxylic acids is 1. The lowest BCUT2D eigenvalue weighted by atomic mass is 9.89. The number of benzene rings is 1. The number of amides is 1. The van der Waals surface area contributed by atoms with Gasteiger partial charge in [-0.25, -0.2) is 0 Å². The fourth-order valence-corrected chi connectivity index (χ4v) is 2.72. The van der Waals surface area contributed by atoms with Crippen molar-refractivity contribution in [1.82, 2.24) is 5.32 Å². The van der Waals surface area contributed by atoms with Crippen LogP contribution in [0.3, 0.4) is 0 Å². The van der Waals surface area contributed by atoms with E-state index in [0.717, 1.165) is 30.6 Å². The summed E-state index contributed by atoms with van der Waals surface area (Å²) in [7, 11) is 0. The standard InChI is InChI=1S/C16H21NO2/c1-10-4-7-12-13(17-15(18)11-5-6-11)9-16(2,3)19-14(12)8-10/h4,7-8,11,13H,5-6,9H2,1-3H3,(H,17,18)/t13-/m1/s1. The summed E-state index contributed by atoms with van der Waals surface area (Å²) in [6, 6.07) is 6.30. The van der Waals surface area contributed by atoms with E-state index in [2.05, 4.69) is 44.3 Å². The highest BCUT2D eigenvalue weighted by atomic mass is 16.5. The Kier molecular flexibility index (Phi) is 2.80. The van der Waals surface area contributed by atoms with Crippen LogP contribution in [0, 0.1) is 12.8 Å². The third-order valence-electron chi connectivity index (χ3n) is 3.89. The van der Waals surface area contributed by atoms with E-state index in [1.165, 1.54) is 5.56 Å². The highest BCUT2D eigenvalue weighted by Crippen LogP contribution is 2.40. The van der Waals surface area contributed by atoms with Crippen molar-refractivity contribution in [2.45, 2.75) is 51.7 Å². The molecular formula is C16H21NO2. The molecule has 1 N–H and O–H groups in total. The van der Waals surface area contributed by atoms with Crippen LogP contribution in [-0.2, 0) is 4.79 Å². The van der Waals surface area contributed by atoms with Crippen LogP contribution in [0.4, 0.5) is 0 Å². The predicted octanol–water partition coefficient (Wildman–Crippen LogP) is 3.12. The molecule has 3 heteroatoms. The molecule has 1 aromatic rings. The summed E-state index contributed by atoms with van der Waals surface area (Å²) in [6.45, 7) is 6.21. The SMILES string of the molecule is Cc1ccc2c(c1)OC(C)(C)C[C@H]2NC(=O)C1CC1. The second kappa shape index (κ2) is 4.26. The van der Waals surface area contributed by atoms with Crippen LogP contribution in [0.1, 0.15) is 50.3 Å². The van der Waals surface area contributed by atoms with Gasteiger partial charge >= 0.3 is 0 Å². The van der Waals surface area contributed by atoms with Crippen molar-refractivity contribution >= 4 is 5.91 Å². The van der Waals surface area contributed by atoms with Gasteiger partial charge in [-0.05, 0) is 45.2 Å². The first kappa shape index (κ1) is 12.5. The van der Waals surface area contributed by atoms with Crippen molar-refractivity contribution in [3.05, 3.63) is 29.3 Å². The highest BCUT2D eigenvalue weighted by Gasteiger charge is 2.37. The average molecular weight is 259 g/mol. The molecule has 1 aromatic carbocycles. The summed E-state index contributed by atoms with van der Waals surface area (Å²) in [4.78, 5) is 12.0. The van der Waals surface area contributed by atoms with E-state index in [1.807, 2.05) is 0 Å². The van der Waals surface area contributed by atoms with Gasteiger partial charge in [0.1, 0.15) is 11.4 Å². The van der Waals surface area contributed by atoms with Crippen molar-refractivity contribution in [2.24, 2.45) is 5.92 Å². The molecule has 3 nitrogen and oxygen atoms in total. The van der Waals surface area contributed by atoms with Gasteiger partial charge in [-0.1, -0.05) is 12.1 Å². The molecule has 102 valence electrons. The molecular weight excluding hydrogens is 238 g/mol. The number of rotatable bonds is 2. The van der Waals surface area contributed by atoms with Gasteiger partial charge in [0.05, 0.1) is 6.04 Å². The Balaban J connectivity index is 1.89. The van der Waals surface area contributed by atoms with E-state index in [9.17, 15) is 4.79 Å². The Morgan fingerprint density at radius 2 is 2.11 bits per heavy atom. The number of hydrogen-bond acceptors (Lipinski definition) is 2. The molecule has 0 unspecified atom stereocenters. The molecule has 3 rings (SSSR count). The van der Waals surface area contributed by atoms with Gasteiger partial charge in [-0.15, -0.1) is 0 Å². The summed E-state index contributed by atoms with van der Waals surface area (Å²) < 4.78 is 6.04. The van der Waals surface area contributed by atoms with Crippen LogP contribution in [0.5, 0.6) is 5.75 Å². The van der Waals surface area contributed by atoms with E-state index < -0.39 is 0 Å². The van der Waals surface area contributed by atoms with Gasteiger partial charge in [-0.3, -0.25) is 4.79 Å². The van der Waals surface area contributed by atoms with Crippen LogP contribution >= 0.6 is 0 Å². The Morgan fingerprint density at radius 1 is 1.37 bits per heavy atom. The zero-order valence-electron chi connectivity index (χ0n) is 11.8. The molecule has 1 atom stereocenters. The highest BCUT2D eigenvalue weighted by molar-refractivity contribution is 5.81. The predicted molar refractivity (Wildman–Crippen MR) is 74.1 cm³/mol. The molecule has 0 saturated heterocycles. The monoisotopic (exact) mass is 259 g/mol. The van der Waals surface area contributed by atoms with Crippen LogP contribution in [0.25, 0.3) is 0 Å². The van der Waals surface area contributed by atoms with Gasteiger partial charge in [0, 0.05) is 17.9 Å². The fourth-order valence-electron chi connectivity index (χ4n) is 2.72. The van der Waals surface area contributed by atoms with Gasteiger partial charge in [0.25, 0.3) is 0 Å². The average Bonchev–Trinajstić information content (AvgIpc) is 3.09. The maximum atomic E-state index is 12.0. The lowest BCUT2D eigenvalue weighted by Crippen LogP contribution is -2.41. The molecule has 1 saturated carbocycles. The summed E-state index contributed by atoms with van der Waals surface area (Å²) in [5.74, 6) is 1.37. The Bertz CT molecular complexity index is 517. The number of nitrogens with one attached hydrogen (secondary N) is 1. The van der Waals surface area contributed by atoms with Gasteiger partial charge in [0.2, 0.25) is 5.91 Å². The largest absolute Gasteiger partial charge is 0.487 e. The first-order valence-corrected chi connectivity index (χ1v) is 7.04. The van der Waals surface area contributed by atoms with E-state index in [1.54, 1.807) is 0 Å². The van der Waals surface area contributed by atoms with Crippen molar-refractivity contribution < 1.29 is 9.53 Å². The topological polar surface area (TPSA) is 38.3 Å². The van der Waals surface area contributed by atoms with Crippen LogP contribution < -0.4 is 10.1 Å². The molecule has 1 amide bonds. The third kappa shape index (κ3) is 2.60.